The number of anilines is 1. The van der Waals surface area contributed by atoms with Gasteiger partial charge in [-0.25, -0.2) is 4.98 Å². The second-order valence-corrected chi connectivity index (χ2v) is 3.55. The van der Waals surface area contributed by atoms with Crippen LogP contribution in [0.25, 0.3) is 0 Å². The number of hydrogen-bond donors (Lipinski definition) is 0. The van der Waals surface area contributed by atoms with Gasteiger partial charge >= 0.3 is 0 Å². The van der Waals surface area contributed by atoms with Gasteiger partial charge in [-0.2, -0.15) is 4.37 Å². The summed E-state index contributed by atoms with van der Waals surface area (Å²) in [6, 6.07) is 0. The molecule has 1 aliphatic heterocycles. The number of hydrogen-bond acceptors (Lipinski definition) is 5. The Morgan fingerprint density at radius 3 is 3.17 bits per heavy atom. The molecule has 0 spiro atoms. The van der Waals surface area contributed by atoms with Crippen molar-refractivity contribution in [3.05, 3.63) is 6.33 Å². The van der Waals surface area contributed by atoms with E-state index in [1.165, 1.54) is 17.9 Å². The van der Waals surface area contributed by atoms with E-state index in [1.807, 2.05) is 4.90 Å². The van der Waals surface area contributed by atoms with Crippen LogP contribution >= 0.6 is 11.5 Å². The molecule has 12 heavy (non-hydrogen) atoms. The molecule has 0 radical (unpaired) electrons. The standard InChI is InChI=1S/C7H9N3OS/c11-6-2-1-3-10(4-6)7-8-5-9-12-7/h5H,1-4H2. The largest absolute Gasteiger partial charge is 0.340 e. The lowest BCUT2D eigenvalue weighted by Gasteiger charge is -2.24. The molecular weight excluding hydrogens is 174 g/mol. The van der Waals surface area contributed by atoms with Crippen LogP contribution in [0, 0.1) is 0 Å². The lowest BCUT2D eigenvalue weighted by atomic mass is 10.1. The van der Waals surface area contributed by atoms with Crippen molar-refractivity contribution in [3.63, 3.8) is 0 Å². The van der Waals surface area contributed by atoms with Crippen LogP contribution in [0.5, 0.6) is 0 Å². The van der Waals surface area contributed by atoms with Crippen LogP contribution in [0.1, 0.15) is 12.8 Å². The molecule has 1 saturated heterocycles. The minimum absolute atomic E-state index is 0.302. The van der Waals surface area contributed by atoms with Crippen molar-refractivity contribution in [3.8, 4) is 0 Å². The molecule has 0 N–H and O–H groups in total. The molecule has 1 aromatic rings. The van der Waals surface area contributed by atoms with Crippen LogP contribution in [0.3, 0.4) is 0 Å². The Balaban J connectivity index is 2.09. The lowest BCUT2D eigenvalue weighted by Crippen LogP contribution is -2.35. The van der Waals surface area contributed by atoms with Gasteiger partial charge in [0.2, 0.25) is 5.13 Å². The summed E-state index contributed by atoms with van der Waals surface area (Å²) in [5.74, 6) is 0.302. The van der Waals surface area contributed by atoms with Crippen molar-refractivity contribution in [2.24, 2.45) is 0 Å². The number of aromatic nitrogens is 2. The SMILES string of the molecule is O=C1CCCN(c2ncns2)C1. The first-order valence-electron chi connectivity index (χ1n) is 3.89. The zero-order valence-electron chi connectivity index (χ0n) is 6.56. The van der Waals surface area contributed by atoms with E-state index in [0.29, 0.717) is 12.3 Å². The molecule has 0 amide bonds. The van der Waals surface area contributed by atoms with Crippen molar-refractivity contribution in [1.82, 2.24) is 9.36 Å². The van der Waals surface area contributed by atoms with Gasteiger partial charge in [-0.05, 0) is 6.42 Å². The van der Waals surface area contributed by atoms with E-state index in [-0.39, 0.29) is 0 Å². The van der Waals surface area contributed by atoms with Crippen LogP contribution in [-0.2, 0) is 4.79 Å². The minimum atomic E-state index is 0.302. The van der Waals surface area contributed by atoms with E-state index < -0.39 is 0 Å². The van der Waals surface area contributed by atoms with Gasteiger partial charge < -0.3 is 4.90 Å². The number of Topliss-reactive ketones (excluding diaryl/α,β-unsaturated/α-hetero) is 1. The molecule has 0 bridgehead atoms. The Morgan fingerprint density at radius 2 is 2.50 bits per heavy atom. The summed E-state index contributed by atoms with van der Waals surface area (Å²) in [5.41, 5.74) is 0. The Kier molecular flexibility index (Phi) is 2.03. The van der Waals surface area contributed by atoms with Gasteiger partial charge in [0.05, 0.1) is 6.54 Å². The Labute approximate surface area is 74.4 Å². The van der Waals surface area contributed by atoms with E-state index in [2.05, 4.69) is 9.36 Å². The van der Waals surface area contributed by atoms with Crippen molar-refractivity contribution in [2.75, 3.05) is 18.0 Å². The maximum atomic E-state index is 11.1. The molecular formula is C7H9N3OS. The van der Waals surface area contributed by atoms with E-state index >= 15 is 0 Å². The van der Waals surface area contributed by atoms with Gasteiger partial charge in [0, 0.05) is 24.5 Å². The average molecular weight is 183 g/mol. The number of ketones is 1. The highest BCUT2D eigenvalue weighted by atomic mass is 32.1. The minimum Gasteiger partial charge on any atom is -0.340 e. The van der Waals surface area contributed by atoms with Gasteiger partial charge in [-0.15, -0.1) is 0 Å². The third-order valence-corrected chi connectivity index (χ3v) is 2.60. The smallest absolute Gasteiger partial charge is 0.205 e. The van der Waals surface area contributed by atoms with Crippen LogP contribution in [0.15, 0.2) is 6.33 Å². The molecule has 4 nitrogen and oxygen atoms in total. The topological polar surface area (TPSA) is 46.1 Å². The fraction of sp³-hybridized carbons (Fsp3) is 0.571. The van der Waals surface area contributed by atoms with Gasteiger partial charge in [0.1, 0.15) is 6.33 Å². The highest BCUT2D eigenvalue weighted by Crippen LogP contribution is 2.18. The fourth-order valence-corrected chi connectivity index (χ4v) is 1.86. The first-order chi connectivity index (χ1) is 5.86. The van der Waals surface area contributed by atoms with Gasteiger partial charge in [-0.3, -0.25) is 4.79 Å². The molecule has 2 rings (SSSR count). The van der Waals surface area contributed by atoms with E-state index in [0.717, 1.165) is 24.5 Å². The maximum absolute atomic E-state index is 11.1. The molecule has 0 unspecified atom stereocenters. The molecule has 0 atom stereocenters. The average Bonchev–Trinajstić information content (AvgIpc) is 2.56. The van der Waals surface area contributed by atoms with Crippen molar-refractivity contribution < 1.29 is 4.79 Å². The molecule has 1 aliphatic rings. The number of carbonyl (C=O) groups excluding carboxylic acids is 1. The van der Waals surface area contributed by atoms with Crippen molar-refractivity contribution >= 4 is 22.4 Å². The highest BCUT2D eigenvalue weighted by molar-refractivity contribution is 7.09. The number of rotatable bonds is 1. The summed E-state index contributed by atoms with van der Waals surface area (Å²) < 4.78 is 3.90. The maximum Gasteiger partial charge on any atom is 0.205 e. The molecule has 2 heterocycles. The van der Waals surface area contributed by atoms with Crippen LogP contribution < -0.4 is 4.90 Å². The Morgan fingerprint density at radius 1 is 1.58 bits per heavy atom. The van der Waals surface area contributed by atoms with E-state index in [9.17, 15) is 4.79 Å². The third kappa shape index (κ3) is 1.45. The van der Waals surface area contributed by atoms with Crippen LogP contribution in [-0.4, -0.2) is 28.2 Å². The fourth-order valence-electron chi connectivity index (χ4n) is 1.31. The van der Waals surface area contributed by atoms with E-state index in [4.69, 9.17) is 0 Å². The number of carbonyl (C=O) groups is 1. The second-order valence-electron chi connectivity index (χ2n) is 2.79. The molecule has 0 saturated carbocycles. The zero-order valence-corrected chi connectivity index (χ0v) is 7.38. The summed E-state index contributed by atoms with van der Waals surface area (Å²) in [5, 5.41) is 0.864. The summed E-state index contributed by atoms with van der Waals surface area (Å²) in [6.07, 6.45) is 3.19. The molecule has 1 fully saturated rings. The molecule has 0 aromatic carbocycles. The lowest BCUT2D eigenvalue weighted by molar-refractivity contribution is -0.118. The number of nitrogens with zero attached hydrogens (tertiary/aromatic N) is 3. The van der Waals surface area contributed by atoms with Crippen LogP contribution in [0.4, 0.5) is 5.13 Å². The third-order valence-electron chi connectivity index (χ3n) is 1.87. The summed E-state index contributed by atoms with van der Waals surface area (Å²) in [7, 11) is 0. The summed E-state index contributed by atoms with van der Waals surface area (Å²) in [6.45, 7) is 1.44. The first-order valence-corrected chi connectivity index (χ1v) is 4.67. The zero-order chi connectivity index (χ0) is 8.39. The summed E-state index contributed by atoms with van der Waals surface area (Å²) >= 11 is 1.34. The van der Waals surface area contributed by atoms with Gasteiger partial charge in [0.15, 0.2) is 5.78 Å². The highest BCUT2D eigenvalue weighted by Gasteiger charge is 2.18. The molecule has 5 heteroatoms. The second kappa shape index (κ2) is 3.18. The molecule has 64 valence electrons. The Hall–Kier alpha value is -0.970. The van der Waals surface area contributed by atoms with Gasteiger partial charge in [-0.1, -0.05) is 0 Å². The van der Waals surface area contributed by atoms with E-state index in [1.54, 1.807) is 0 Å². The predicted molar refractivity (Wildman–Crippen MR) is 46.4 cm³/mol. The first kappa shape index (κ1) is 7.67. The van der Waals surface area contributed by atoms with Crippen molar-refractivity contribution in [1.29, 1.82) is 0 Å². The monoisotopic (exact) mass is 183 g/mol. The number of piperidine rings is 1. The molecule has 1 aromatic heterocycles. The molecule has 0 aliphatic carbocycles. The van der Waals surface area contributed by atoms with Gasteiger partial charge in [0.25, 0.3) is 0 Å². The predicted octanol–water partition coefficient (Wildman–Crippen LogP) is 0.707. The van der Waals surface area contributed by atoms with Crippen molar-refractivity contribution in [2.45, 2.75) is 12.8 Å². The van der Waals surface area contributed by atoms with Crippen LogP contribution in [0.2, 0.25) is 0 Å². The normalized spacial score (nSPS) is 18.3. The Bertz CT molecular complexity index is 272. The summed E-state index contributed by atoms with van der Waals surface area (Å²) in [4.78, 5) is 17.1. The quantitative estimate of drug-likeness (QED) is 0.643.